The number of hydrogen-bond donors (Lipinski definition) is 0. The summed E-state index contributed by atoms with van der Waals surface area (Å²) in [5.41, 5.74) is 1.22. The Morgan fingerprint density at radius 1 is 1.40 bits per heavy atom. The summed E-state index contributed by atoms with van der Waals surface area (Å²) in [7, 11) is 0. The van der Waals surface area contributed by atoms with Crippen LogP contribution in [0.25, 0.3) is 0 Å². The quantitative estimate of drug-likeness (QED) is 0.750. The van der Waals surface area contributed by atoms with Gasteiger partial charge in [-0.2, -0.15) is 0 Å². The van der Waals surface area contributed by atoms with Crippen molar-refractivity contribution in [1.82, 2.24) is 4.98 Å². The van der Waals surface area contributed by atoms with Crippen LogP contribution in [-0.4, -0.2) is 10.8 Å². The molecule has 15 heavy (non-hydrogen) atoms. The molecule has 0 fully saturated rings. The van der Waals surface area contributed by atoms with Gasteiger partial charge in [0, 0.05) is 28.4 Å². The van der Waals surface area contributed by atoms with Gasteiger partial charge >= 0.3 is 0 Å². The first-order valence-corrected chi connectivity index (χ1v) is 5.64. The van der Waals surface area contributed by atoms with Crippen LogP contribution in [0.15, 0.2) is 29.9 Å². The van der Waals surface area contributed by atoms with Crippen LogP contribution in [-0.2, 0) is 0 Å². The average Bonchev–Trinajstić information content (AvgIpc) is 2.64. The van der Waals surface area contributed by atoms with E-state index in [0.717, 1.165) is 4.88 Å². The Morgan fingerprint density at radius 2 is 2.20 bits per heavy atom. The zero-order valence-corrected chi connectivity index (χ0v) is 9.60. The predicted octanol–water partition coefficient (Wildman–Crippen LogP) is 3.34. The van der Waals surface area contributed by atoms with Crippen LogP contribution < -0.4 is 0 Å². The summed E-state index contributed by atoms with van der Waals surface area (Å²) >= 11 is 7.46. The molecule has 0 unspecified atom stereocenters. The van der Waals surface area contributed by atoms with Crippen molar-refractivity contribution in [3.63, 3.8) is 0 Å². The lowest BCUT2D eigenvalue weighted by atomic mass is 10.1. The zero-order chi connectivity index (χ0) is 10.8. The van der Waals surface area contributed by atoms with Gasteiger partial charge in [0.15, 0.2) is 5.78 Å². The fourth-order valence-corrected chi connectivity index (χ4v) is 2.23. The van der Waals surface area contributed by atoms with E-state index in [0.29, 0.717) is 16.1 Å². The van der Waals surface area contributed by atoms with E-state index in [1.54, 1.807) is 23.6 Å². The third-order valence-electron chi connectivity index (χ3n) is 2.12. The van der Waals surface area contributed by atoms with Gasteiger partial charge in [-0.05, 0) is 24.4 Å². The highest BCUT2D eigenvalue weighted by molar-refractivity contribution is 7.10. The van der Waals surface area contributed by atoms with Gasteiger partial charge in [0.25, 0.3) is 0 Å². The lowest BCUT2D eigenvalue weighted by Crippen LogP contribution is -2.02. The molecule has 0 N–H and O–H groups in total. The van der Waals surface area contributed by atoms with Crippen LogP contribution in [0.5, 0.6) is 0 Å². The summed E-state index contributed by atoms with van der Waals surface area (Å²) < 4.78 is 0. The number of thiophene rings is 1. The Morgan fingerprint density at radius 3 is 2.80 bits per heavy atom. The van der Waals surface area contributed by atoms with Crippen molar-refractivity contribution in [2.75, 3.05) is 0 Å². The maximum atomic E-state index is 12.0. The van der Waals surface area contributed by atoms with Gasteiger partial charge in [0.05, 0.1) is 5.02 Å². The average molecular weight is 238 g/mol. The molecule has 0 spiro atoms. The SMILES string of the molecule is Cc1sccc1C(=O)c1ccncc1Cl. The molecule has 2 aromatic rings. The number of carbonyl (C=O) groups is 1. The standard InChI is InChI=1S/C11H8ClNOS/c1-7-8(3-5-15-7)11(14)9-2-4-13-6-10(9)12/h2-6H,1H3. The van der Waals surface area contributed by atoms with Gasteiger partial charge in [-0.15, -0.1) is 11.3 Å². The van der Waals surface area contributed by atoms with Gasteiger partial charge in [-0.1, -0.05) is 11.6 Å². The Kier molecular flexibility index (Phi) is 2.84. The second-order valence-electron chi connectivity index (χ2n) is 3.08. The van der Waals surface area contributed by atoms with E-state index in [1.807, 2.05) is 18.4 Å². The van der Waals surface area contributed by atoms with Crippen LogP contribution >= 0.6 is 22.9 Å². The molecule has 0 aliphatic rings. The highest BCUT2D eigenvalue weighted by Crippen LogP contribution is 2.22. The minimum atomic E-state index is -0.0406. The summed E-state index contributed by atoms with van der Waals surface area (Å²) in [6.45, 7) is 1.92. The third-order valence-corrected chi connectivity index (χ3v) is 3.27. The van der Waals surface area contributed by atoms with Crippen molar-refractivity contribution >= 4 is 28.7 Å². The molecule has 2 nitrogen and oxygen atoms in total. The number of nitrogens with zero attached hydrogens (tertiary/aromatic N) is 1. The molecule has 0 amide bonds. The molecule has 2 aromatic heterocycles. The minimum Gasteiger partial charge on any atom is -0.289 e. The highest BCUT2D eigenvalue weighted by Gasteiger charge is 2.15. The Hall–Kier alpha value is -1.19. The summed E-state index contributed by atoms with van der Waals surface area (Å²) in [4.78, 5) is 16.9. The van der Waals surface area contributed by atoms with Crippen molar-refractivity contribution in [2.45, 2.75) is 6.92 Å². The van der Waals surface area contributed by atoms with Gasteiger partial charge in [0.2, 0.25) is 0 Å². The van der Waals surface area contributed by atoms with E-state index in [1.165, 1.54) is 6.20 Å². The Bertz CT molecular complexity index is 507. The van der Waals surface area contributed by atoms with Crippen molar-refractivity contribution in [1.29, 1.82) is 0 Å². The van der Waals surface area contributed by atoms with Crippen molar-refractivity contribution in [3.05, 3.63) is 50.9 Å². The fraction of sp³-hybridized carbons (Fsp3) is 0.0909. The highest BCUT2D eigenvalue weighted by atomic mass is 35.5. The van der Waals surface area contributed by atoms with Crippen LogP contribution in [0.3, 0.4) is 0 Å². The largest absolute Gasteiger partial charge is 0.289 e. The number of halogens is 1. The molecule has 0 saturated carbocycles. The van der Waals surface area contributed by atoms with Crippen LogP contribution in [0.4, 0.5) is 0 Å². The smallest absolute Gasteiger partial charge is 0.195 e. The zero-order valence-electron chi connectivity index (χ0n) is 8.03. The number of carbonyl (C=O) groups excluding carboxylic acids is 1. The van der Waals surface area contributed by atoms with E-state index in [2.05, 4.69) is 4.98 Å². The molecule has 76 valence electrons. The molecule has 0 bridgehead atoms. The monoisotopic (exact) mass is 237 g/mol. The molecule has 0 saturated heterocycles. The van der Waals surface area contributed by atoms with Crippen LogP contribution in [0.2, 0.25) is 5.02 Å². The third kappa shape index (κ3) is 1.94. The lowest BCUT2D eigenvalue weighted by molar-refractivity contribution is 0.103. The van der Waals surface area contributed by atoms with Crippen molar-refractivity contribution < 1.29 is 4.79 Å². The first kappa shape index (κ1) is 10.3. The molecule has 0 aromatic carbocycles. The van der Waals surface area contributed by atoms with Crippen LogP contribution in [0, 0.1) is 6.92 Å². The maximum absolute atomic E-state index is 12.0. The van der Waals surface area contributed by atoms with Gasteiger partial charge in [0.1, 0.15) is 0 Å². The summed E-state index contributed by atoms with van der Waals surface area (Å²) in [5, 5.41) is 2.30. The normalized spacial score (nSPS) is 10.3. The number of pyridine rings is 1. The second-order valence-corrected chi connectivity index (χ2v) is 4.60. The second kappa shape index (κ2) is 4.13. The summed E-state index contributed by atoms with van der Waals surface area (Å²) in [6, 6.07) is 3.46. The Balaban J connectivity index is 2.46. The van der Waals surface area contributed by atoms with Gasteiger partial charge in [-0.3, -0.25) is 9.78 Å². The van der Waals surface area contributed by atoms with Crippen molar-refractivity contribution in [3.8, 4) is 0 Å². The number of ketones is 1. The predicted molar refractivity (Wildman–Crippen MR) is 61.7 cm³/mol. The molecule has 0 aliphatic heterocycles. The molecule has 0 atom stereocenters. The summed E-state index contributed by atoms with van der Waals surface area (Å²) in [5.74, 6) is -0.0406. The molecule has 0 aliphatic carbocycles. The summed E-state index contributed by atoms with van der Waals surface area (Å²) in [6.07, 6.45) is 3.05. The molecule has 2 rings (SSSR count). The van der Waals surface area contributed by atoms with Gasteiger partial charge < -0.3 is 0 Å². The lowest BCUT2D eigenvalue weighted by Gasteiger charge is -2.01. The van der Waals surface area contributed by atoms with E-state index >= 15 is 0 Å². The number of aromatic nitrogens is 1. The van der Waals surface area contributed by atoms with Gasteiger partial charge in [-0.25, -0.2) is 0 Å². The molecule has 2 heterocycles. The fourth-order valence-electron chi connectivity index (χ4n) is 1.32. The molecular weight excluding hydrogens is 230 g/mol. The van der Waals surface area contributed by atoms with Crippen molar-refractivity contribution in [2.24, 2.45) is 0 Å². The topological polar surface area (TPSA) is 30.0 Å². The molecule has 0 radical (unpaired) electrons. The Labute approximate surface area is 96.5 Å². The number of rotatable bonds is 2. The first-order valence-electron chi connectivity index (χ1n) is 4.38. The molecule has 4 heteroatoms. The maximum Gasteiger partial charge on any atom is 0.195 e. The van der Waals surface area contributed by atoms with E-state index in [9.17, 15) is 4.79 Å². The van der Waals surface area contributed by atoms with E-state index in [-0.39, 0.29) is 5.78 Å². The number of aryl methyl sites for hydroxylation is 1. The first-order chi connectivity index (χ1) is 7.20. The molecular formula is C11H8ClNOS. The van der Waals surface area contributed by atoms with Crippen LogP contribution in [0.1, 0.15) is 20.8 Å². The van der Waals surface area contributed by atoms with E-state index in [4.69, 9.17) is 11.6 Å². The van der Waals surface area contributed by atoms with E-state index < -0.39 is 0 Å². The minimum absolute atomic E-state index is 0.0406. The number of hydrogen-bond acceptors (Lipinski definition) is 3.